The molecule has 18 heavy (non-hydrogen) atoms. The molecule has 0 aliphatic heterocycles. The van der Waals surface area contributed by atoms with E-state index in [1.165, 1.54) is 4.68 Å². The Kier molecular flexibility index (Phi) is 2.46. The van der Waals surface area contributed by atoms with Crippen LogP contribution in [0.25, 0.3) is 10.8 Å². The Hall–Kier alpha value is -2.24. The molecule has 0 unspecified atom stereocenters. The van der Waals surface area contributed by atoms with Gasteiger partial charge in [-0.15, -0.1) is 0 Å². The van der Waals surface area contributed by atoms with E-state index >= 15 is 0 Å². The summed E-state index contributed by atoms with van der Waals surface area (Å²) in [6.45, 7) is 5.32. The van der Waals surface area contributed by atoms with Crippen molar-refractivity contribution in [3.05, 3.63) is 32.8 Å². The number of H-pyrrole nitrogens is 1. The quantitative estimate of drug-likeness (QED) is 0.604. The predicted octanol–water partition coefficient (Wildman–Crippen LogP) is 0.856. The predicted molar refractivity (Wildman–Crippen MR) is 67.2 cm³/mol. The number of phenolic OH excluding ortho intramolecular Hbond substituents is 2. The van der Waals surface area contributed by atoms with Crippen LogP contribution in [-0.2, 0) is 5.54 Å². The fourth-order valence-corrected chi connectivity index (χ4v) is 1.75. The van der Waals surface area contributed by atoms with Crippen molar-refractivity contribution in [2.45, 2.75) is 26.3 Å². The number of phenols is 2. The summed E-state index contributed by atoms with van der Waals surface area (Å²) in [6, 6.07) is 2.18. The summed E-state index contributed by atoms with van der Waals surface area (Å²) >= 11 is 0. The maximum absolute atomic E-state index is 12.2. The van der Waals surface area contributed by atoms with Crippen LogP contribution in [0.2, 0.25) is 0 Å². The van der Waals surface area contributed by atoms with Gasteiger partial charge in [-0.1, -0.05) is 0 Å². The van der Waals surface area contributed by atoms with Crippen LogP contribution in [0.3, 0.4) is 0 Å². The molecule has 1 aromatic carbocycles. The first kappa shape index (κ1) is 12.2. The molecule has 0 atom stereocenters. The van der Waals surface area contributed by atoms with Crippen LogP contribution in [0.5, 0.6) is 11.5 Å². The second-order valence-corrected chi connectivity index (χ2v) is 5.14. The van der Waals surface area contributed by atoms with E-state index in [4.69, 9.17) is 0 Å². The number of hydrogen-bond acceptors (Lipinski definition) is 4. The number of fused-ring (bicyclic) bond motifs is 1. The van der Waals surface area contributed by atoms with E-state index in [1.54, 1.807) is 20.8 Å². The summed E-state index contributed by atoms with van der Waals surface area (Å²) in [5.41, 5.74) is -1.50. The summed E-state index contributed by atoms with van der Waals surface area (Å²) in [6.07, 6.45) is 0. The number of aromatic nitrogens is 2. The van der Waals surface area contributed by atoms with Crippen LogP contribution in [-0.4, -0.2) is 20.0 Å². The second kappa shape index (κ2) is 3.63. The molecule has 0 aliphatic rings. The zero-order chi connectivity index (χ0) is 13.7. The first-order chi connectivity index (χ1) is 8.21. The van der Waals surface area contributed by atoms with Gasteiger partial charge in [-0.05, 0) is 32.9 Å². The highest BCUT2D eigenvalue weighted by Gasteiger charge is 2.19. The first-order valence-corrected chi connectivity index (χ1v) is 5.43. The van der Waals surface area contributed by atoms with Crippen LogP contribution in [0.1, 0.15) is 20.8 Å². The van der Waals surface area contributed by atoms with Crippen molar-refractivity contribution in [1.82, 2.24) is 9.78 Å². The van der Waals surface area contributed by atoms with E-state index in [0.29, 0.717) is 0 Å². The minimum atomic E-state index is -0.585. The van der Waals surface area contributed by atoms with E-state index in [9.17, 15) is 19.8 Å². The molecule has 96 valence electrons. The molecule has 6 nitrogen and oxygen atoms in total. The van der Waals surface area contributed by atoms with Gasteiger partial charge >= 0.3 is 0 Å². The lowest BCUT2D eigenvalue weighted by Gasteiger charge is -2.21. The van der Waals surface area contributed by atoms with Gasteiger partial charge in [0.1, 0.15) is 0 Å². The molecule has 1 heterocycles. The van der Waals surface area contributed by atoms with Gasteiger partial charge in [0.05, 0.1) is 16.3 Å². The van der Waals surface area contributed by atoms with Crippen molar-refractivity contribution < 1.29 is 10.2 Å². The molecule has 0 bridgehead atoms. The van der Waals surface area contributed by atoms with Crippen molar-refractivity contribution in [2.24, 2.45) is 0 Å². The lowest BCUT2D eigenvalue weighted by molar-refractivity contribution is 0.337. The third-order valence-electron chi connectivity index (χ3n) is 2.68. The summed E-state index contributed by atoms with van der Waals surface area (Å²) in [5, 5.41) is 21.4. The highest BCUT2D eigenvalue weighted by Crippen LogP contribution is 2.27. The zero-order valence-corrected chi connectivity index (χ0v) is 10.3. The van der Waals surface area contributed by atoms with E-state index in [0.717, 1.165) is 12.1 Å². The van der Waals surface area contributed by atoms with Crippen molar-refractivity contribution in [1.29, 1.82) is 0 Å². The number of aromatic amines is 1. The van der Waals surface area contributed by atoms with E-state index in [-0.39, 0.29) is 10.8 Å². The van der Waals surface area contributed by atoms with E-state index in [2.05, 4.69) is 5.10 Å². The minimum Gasteiger partial charge on any atom is -0.504 e. The van der Waals surface area contributed by atoms with E-state index in [1.807, 2.05) is 0 Å². The van der Waals surface area contributed by atoms with Gasteiger partial charge < -0.3 is 10.2 Å². The summed E-state index contributed by atoms with van der Waals surface area (Å²) in [7, 11) is 0. The molecule has 0 radical (unpaired) electrons. The fourth-order valence-electron chi connectivity index (χ4n) is 1.75. The van der Waals surface area contributed by atoms with Crippen molar-refractivity contribution in [3.8, 4) is 11.5 Å². The molecule has 0 saturated heterocycles. The Morgan fingerprint density at radius 3 is 2.06 bits per heavy atom. The Morgan fingerprint density at radius 2 is 1.56 bits per heavy atom. The summed E-state index contributed by atoms with van der Waals surface area (Å²) in [4.78, 5) is 24.0. The van der Waals surface area contributed by atoms with Gasteiger partial charge in [-0.2, -0.15) is 0 Å². The summed E-state index contributed by atoms with van der Waals surface area (Å²) < 4.78 is 1.20. The van der Waals surface area contributed by atoms with Gasteiger partial charge in [-0.25, -0.2) is 4.68 Å². The van der Waals surface area contributed by atoms with Crippen LogP contribution >= 0.6 is 0 Å². The SMILES string of the molecule is CC(C)(C)n1[nH]c(=O)c2cc(O)c(O)cc2c1=O. The molecule has 0 spiro atoms. The molecule has 0 amide bonds. The Morgan fingerprint density at radius 1 is 1.06 bits per heavy atom. The highest BCUT2D eigenvalue weighted by atomic mass is 16.3. The van der Waals surface area contributed by atoms with Crippen LogP contribution in [0, 0.1) is 0 Å². The maximum atomic E-state index is 12.2. The third kappa shape index (κ3) is 1.75. The maximum Gasteiger partial charge on any atom is 0.273 e. The monoisotopic (exact) mass is 250 g/mol. The molecule has 2 rings (SSSR count). The number of benzene rings is 1. The van der Waals surface area contributed by atoms with Crippen molar-refractivity contribution in [3.63, 3.8) is 0 Å². The second-order valence-electron chi connectivity index (χ2n) is 5.14. The molecule has 0 saturated carbocycles. The van der Waals surface area contributed by atoms with Crippen LogP contribution in [0.4, 0.5) is 0 Å². The molecule has 0 fully saturated rings. The standard InChI is InChI=1S/C12H14N2O4/c1-12(2,3)14-11(18)7-5-9(16)8(15)4-6(7)10(17)13-14/h4-5,15-16H,1-3H3,(H,13,17). The smallest absolute Gasteiger partial charge is 0.273 e. The van der Waals surface area contributed by atoms with Gasteiger partial charge in [-0.3, -0.25) is 14.7 Å². The molecular formula is C12H14N2O4. The number of nitrogens with zero attached hydrogens (tertiary/aromatic N) is 1. The summed E-state index contributed by atoms with van der Waals surface area (Å²) in [5.74, 6) is -0.855. The highest BCUT2D eigenvalue weighted by molar-refractivity contribution is 5.84. The van der Waals surface area contributed by atoms with Crippen molar-refractivity contribution >= 4 is 10.8 Å². The number of hydrogen-bond donors (Lipinski definition) is 3. The molecule has 6 heteroatoms. The number of aromatic hydroxyl groups is 2. The molecular weight excluding hydrogens is 236 g/mol. The lowest BCUT2D eigenvalue weighted by atomic mass is 10.1. The van der Waals surface area contributed by atoms with Gasteiger partial charge in [0.15, 0.2) is 11.5 Å². The number of rotatable bonds is 0. The molecule has 0 aliphatic carbocycles. The van der Waals surface area contributed by atoms with Crippen LogP contribution in [0.15, 0.2) is 21.7 Å². The molecule has 2 aromatic rings. The average molecular weight is 250 g/mol. The van der Waals surface area contributed by atoms with E-state index < -0.39 is 28.2 Å². The van der Waals surface area contributed by atoms with Gasteiger partial charge in [0.25, 0.3) is 11.1 Å². The minimum absolute atomic E-state index is 0.0517. The Labute approximate surface area is 102 Å². The van der Waals surface area contributed by atoms with Gasteiger partial charge in [0.2, 0.25) is 0 Å². The zero-order valence-electron chi connectivity index (χ0n) is 10.3. The normalized spacial score (nSPS) is 11.9. The van der Waals surface area contributed by atoms with Crippen molar-refractivity contribution in [2.75, 3.05) is 0 Å². The largest absolute Gasteiger partial charge is 0.504 e. The first-order valence-electron chi connectivity index (χ1n) is 5.43. The molecule has 3 N–H and O–H groups in total. The Balaban J connectivity index is 3.01. The number of nitrogens with one attached hydrogen (secondary N) is 1. The van der Waals surface area contributed by atoms with Gasteiger partial charge in [0, 0.05) is 0 Å². The molecule has 1 aromatic heterocycles. The topological polar surface area (TPSA) is 95.3 Å². The van der Waals surface area contributed by atoms with Crippen LogP contribution < -0.4 is 11.1 Å². The lowest BCUT2D eigenvalue weighted by Crippen LogP contribution is -2.39. The third-order valence-corrected chi connectivity index (χ3v) is 2.68. The Bertz CT molecular complexity index is 735. The average Bonchev–Trinajstić information content (AvgIpc) is 2.24. The fraction of sp³-hybridized carbons (Fsp3) is 0.333.